The maximum atomic E-state index is 14.0. The van der Waals surface area contributed by atoms with E-state index in [9.17, 15) is 24.1 Å². The van der Waals surface area contributed by atoms with Gasteiger partial charge in [0.25, 0.3) is 5.56 Å². The molecule has 4 rings (SSSR count). The topological polar surface area (TPSA) is 158 Å². The summed E-state index contributed by atoms with van der Waals surface area (Å²) in [6.07, 6.45) is 1.86. The van der Waals surface area contributed by atoms with Crippen LogP contribution in [0.2, 0.25) is 5.02 Å². The Bertz CT molecular complexity index is 1370. The van der Waals surface area contributed by atoms with Crippen LogP contribution < -0.4 is 20.9 Å². The van der Waals surface area contributed by atoms with Gasteiger partial charge in [0, 0.05) is 17.6 Å². The lowest BCUT2D eigenvalue weighted by molar-refractivity contribution is -0.147. The molecule has 4 atom stereocenters. The highest BCUT2D eigenvalue weighted by Crippen LogP contribution is 2.50. The number of aliphatic hydroxyl groups is 1. The van der Waals surface area contributed by atoms with Crippen LogP contribution in [0.25, 0.3) is 6.08 Å². The summed E-state index contributed by atoms with van der Waals surface area (Å²) >= 11 is 9.04. The van der Waals surface area contributed by atoms with Crippen LogP contribution in [-0.2, 0) is 23.4 Å². The molecule has 0 amide bonds. The van der Waals surface area contributed by atoms with Gasteiger partial charge in [0.2, 0.25) is 0 Å². The van der Waals surface area contributed by atoms with Crippen LogP contribution >= 0.6 is 35.3 Å². The Kier molecular flexibility index (Phi) is 9.53. The summed E-state index contributed by atoms with van der Waals surface area (Å²) in [6, 6.07) is 6.08. The average Bonchev–Trinajstić information content (AvgIpc) is 3.52. The van der Waals surface area contributed by atoms with Gasteiger partial charge in [-0.15, -0.1) is 0 Å². The summed E-state index contributed by atoms with van der Waals surface area (Å²) in [4.78, 5) is 40.8. The lowest BCUT2D eigenvalue weighted by Crippen LogP contribution is -2.50. The van der Waals surface area contributed by atoms with Crippen LogP contribution in [0.5, 0.6) is 5.75 Å². The molecule has 2 heterocycles. The third-order valence-electron chi connectivity index (χ3n) is 6.58. The van der Waals surface area contributed by atoms with Gasteiger partial charge in [-0.3, -0.25) is 23.7 Å². The number of aromatic amines is 1. The van der Waals surface area contributed by atoms with Crippen LogP contribution in [0.1, 0.15) is 43.9 Å². The maximum absolute atomic E-state index is 14.0. The molecule has 1 aromatic heterocycles. The minimum atomic E-state index is -4.26. The van der Waals surface area contributed by atoms with E-state index in [0.717, 1.165) is 4.57 Å². The molecule has 2 aliphatic rings. The Balaban J connectivity index is 1.55. The highest BCUT2D eigenvalue weighted by Gasteiger charge is 2.49. The molecule has 212 valence electrons. The maximum Gasteiger partial charge on any atom is 0.459 e. The Hall–Kier alpha value is -2.25. The number of aromatic nitrogens is 2. The lowest BCUT2D eigenvalue weighted by Gasteiger charge is -2.31. The van der Waals surface area contributed by atoms with Crippen molar-refractivity contribution in [2.45, 2.75) is 56.1 Å². The molecular weight excluding hydrogens is 621 g/mol. The summed E-state index contributed by atoms with van der Waals surface area (Å²) in [6.45, 7) is -0.404. The second-order valence-electron chi connectivity index (χ2n) is 9.21. The third kappa shape index (κ3) is 6.91. The summed E-state index contributed by atoms with van der Waals surface area (Å²) in [7, 11) is -3.01. The fraction of sp³-hybridized carbons (Fsp3) is 0.458. The number of nitrogens with one attached hydrogen (secondary N) is 2. The van der Waals surface area contributed by atoms with E-state index in [4.69, 9.17) is 30.1 Å². The zero-order valence-corrected chi connectivity index (χ0v) is 24.1. The van der Waals surface area contributed by atoms with Gasteiger partial charge in [-0.05, 0) is 48.2 Å². The Morgan fingerprint density at radius 3 is 2.67 bits per heavy atom. The van der Waals surface area contributed by atoms with Crippen molar-refractivity contribution in [2.24, 2.45) is 0 Å². The van der Waals surface area contributed by atoms with Gasteiger partial charge in [-0.1, -0.05) is 40.4 Å². The second kappa shape index (κ2) is 12.5. The van der Waals surface area contributed by atoms with Crippen molar-refractivity contribution in [3.05, 3.63) is 66.9 Å². The highest BCUT2D eigenvalue weighted by molar-refractivity contribution is 9.11. The van der Waals surface area contributed by atoms with Gasteiger partial charge >= 0.3 is 19.4 Å². The molecule has 0 radical (unpaired) electrons. The molecule has 2 unspecified atom stereocenters. The molecule has 1 aromatic carbocycles. The molecule has 1 aliphatic carbocycles. The predicted octanol–water partition coefficient (Wildman–Crippen LogP) is 3.48. The lowest BCUT2D eigenvalue weighted by atomic mass is 10.00. The first-order valence-corrected chi connectivity index (χ1v) is 14.9. The molecule has 3 N–H and O–H groups in total. The Morgan fingerprint density at radius 2 is 2.03 bits per heavy atom. The normalized spacial score (nSPS) is 24.1. The quantitative estimate of drug-likeness (QED) is 0.257. The van der Waals surface area contributed by atoms with Crippen molar-refractivity contribution in [1.29, 1.82) is 0 Å². The highest BCUT2D eigenvalue weighted by atomic mass is 79.9. The van der Waals surface area contributed by atoms with Gasteiger partial charge in [0.15, 0.2) is 0 Å². The number of benzene rings is 1. The van der Waals surface area contributed by atoms with Gasteiger partial charge < -0.3 is 19.1 Å². The van der Waals surface area contributed by atoms with Gasteiger partial charge in [0.05, 0.1) is 25.4 Å². The third-order valence-corrected chi connectivity index (χ3v) is 8.74. The number of H-pyrrole nitrogens is 1. The van der Waals surface area contributed by atoms with E-state index in [1.54, 1.807) is 12.1 Å². The standard InChI is InChI=1S/C24H28BrClN3O9P/c1-35-22(32)24(9-2-3-10-24)28-39(34,38-17-6-4-16(26)5-7-17)36-14-19-18(30)12-20(37-19)29-13-15(8-11-25)21(31)27-23(29)33/h4-8,11,13,18-20,30H,2-3,9-10,12,14H2,1H3,(H,28,34)(H,27,31,33)/b11-8+/t18-,19?,20-,39?/m1/s1. The molecule has 1 saturated heterocycles. The first kappa shape index (κ1) is 29.7. The number of hydrogen-bond donors (Lipinski definition) is 3. The number of ether oxygens (including phenoxy) is 2. The number of carbonyl (C=O) groups is 1. The molecular formula is C24H28BrClN3O9P. The van der Waals surface area contributed by atoms with E-state index >= 15 is 0 Å². The van der Waals surface area contributed by atoms with Crippen LogP contribution in [0.3, 0.4) is 0 Å². The number of nitrogens with zero attached hydrogens (tertiary/aromatic N) is 1. The van der Waals surface area contributed by atoms with E-state index < -0.39 is 55.5 Å². The van der Waals surface area contributed by atoms with Crippen LogP contribution in [0.4, 0.5) is 0 Å². The van der Waals surface area contributed by atoms with Crippen LogP contribution in [0.15, 0.2) is 45.0 Å². The van der Waals surface area contributed by atoms with E-state index in [1.165, 1.54) is 36.5 Å². The van der Waals surface area contributed by atoms with E-state index in [2.05, 4.69) is 26.0 Å². The molecule has 1 saturated carbocycles. The van der Waals surface area contributed by atoms with Crippen LogP contribution in [-0.4, -0.2) is 52.1 Å². The van der Waals surface area contributed by atoms with Crippen molar-refractivity contribution in [1.82, 2.24) is 14.6 Å². The fourth-order valence-corrected chi connectivity index (χ4v) is 6.78. The number of carbonyl (C=O) groups excluding carboxylic acids is 1. The summed E-state index contributed by atoms with van der Waals surface area (Å²) in [5, 5.41) is 13.9. The van der Waals surface area contributed by atoms with Gasteiger partial charge in [-0.25, -0.2) is 9.36 Å². The SMILES string of the molecule is COC(=O)C1(NP(=O)(OCC2O[C@@H](n3cc(/C=C/Br)c(=O)[nH]c3=O)C[C@H]2O)Oc2ccc(Cl)cc2)CCCC1. The number of esters is 1. The molecule has 1 aliphatic heterocycles. The molecule has 0 spiro atoms. The van der Waals surface area contributed by atoms with Gasteiger partial charge in [0.1, 0.15) is 23.6 Å². The van der Waals surface area contributed by atoms with Gasteiger partial charge in [-0.2, -0.15) is 5.09 Å². The zero-order chi connectivity index (χ0) is 28.2. The smallest absolute Gasteiger partial charge is 0.459 e. The largest absolute Gasteiger partial charge is 0.468 e. The van der Waals surface area contributed by atoms with Crippen molar-refractivity contribution < 1.29 is 33.0 Å². The molecule has 15 heteroatoms. The van der Waals surface area contributed by atoms with E-state index in [0.29, 0.717) is 30.7 Å². The molecule has 2 fully saturated rings. The summed E-state index contributed by atoms with van der Waals surface area (Å²) < 4.78 is 37.5. The first-order chi connectivity index (χ1) is 18.6. The predicted molar refractivity (Wildman–Crippen MR) is 146 cm³/mol. The number of rotatable bonds is 10. The molecule has 0 bridgehead atoms. The molecule has 39 heavy (non-hydrogen) atoms. The number of halogens is 2. The number of methoxy groups -OCH3 is 1. The number of aliphatic hydroxyl groups excluding tert-OH is 1. The zero-order valence-electron chi connectivity index (χ0n) is 20.9. The van der Waals surface area contributed by atoms with Crippen molar-refractivity contribution >= 4 is 47.3 Å². The molecule has 12 nitrogen and oxygen atoms in total. The monoisotopic (exact) mass is 647 g/mol. The number of hydrogen-bond acceptors (Lipinski definition) is 9. The van der Waals surface area contributed by atoms with Crippen molar-refractivity contribution in [3.8, 4) is 5.75 Å². The van der Waals surface area contributed by atoms with E-state index in [1.807, 2.05) is 0 Å². The van der Waals surface area contributed by atoms with Crippen LogP contribution in [0, 0.1) is 0 Å². The Morgan fingerprint density at radius 1 is 1.33 bits per heavy atom. The Labute approximate surface area is 237 Å². The minimum absolute atomic E-state index is 0.000681. The second-order valence-corrected chi connectivity index (χ2v) is 11.8. The average molecular weight is 649 g/mol. The summed E-state index contributed by atoms with van der Waals surface area (Å²) in [5.74, 6) is -0.419. The van der Waals surface area contributed by atoms with Crippen molar-refractivity contribution in [2.75, 3.05) is 13.7 Å². The van der Waals surface area contributed by atoms with E-state index in [-0.39, 0.29) is 17.7 Å². The first-order valence-electron chi connectivity index (χ1n) is 12.1. The van der Waals surface area contributed by atoms with Crippen molar-refractivity contribution in [3.63, 3.8) is 0 Å². The minimum Gasteiger partial charge on any atom is -0.468 e. The fourth-order valence-electron chi connectivity index (χ4n) is 4.62. The summed E-state index contributed by atoms with van der Waals surface area (Å²) in [5.41, 5.74) is -2.39. The molecule has 2 aromatic rings.